The van der Waals surface area contributed by atoms with E-state index >= 15 is 0 Å². The molecular formula is C16H18N2O4S2. The predicted molar refractivity (Wildman–Crippen MR) is 92.7 cm³/mol. The zero-order valence-electron chi connectivity index (χ0n) is 13.2. The van der Waals surface area contributed by atoms with Gasteiger partial charge in [-0.05, 0) is 36.2 Å². The normalized spacial score (nSPS) is 14.7. The lowest BCUT2D eigenvalue weighted by atomic mass is 10.2. The Morgan fingerprint density at radius 1 is 1.21 bits per heavy atom. The molecule has 0 spiro atoms. The number of thiophene rings is 1. The van der Waals surface area contributed by atoms with Crippen LogP contribution in [0, 0.1) is 0 Å². The van der Waals surface area contributed by atoms with Gasteiger partial charge in [0, 0.05) is 17.1 Å². The number of anilines is 1. The van der Waals surface area contributed by atoms with Crippen molar-refractivity contribution >= 4 is 33.1 Å². The molecule has 1 N–H and O–H groups in total. The molecule has 6 nitrogen and oxygen atoms in total. The van der Waals surface area contributed by atoms with Gasteiger partial charge in [0.05, 0.1) is 6.54 Å². The summed E-state index contributed by atoms with van der Waals surface area (Å²) in [5.41, 5.74) is 1.41. The van der Waals surface area contributed by atoms with E-state index in [2.05, 4.69) is 4.72 Å². The van der Waals surface area contributed by atoms with E-state index < -0.39 is 10.0 Å². The first-order chi connectivity index (χ1) is 11.5. The molecule has 0 radical (unpaired) electrons. The minimum atomic E-state index is -3.56. The largest absolute Gasteiger partial charge is 0.448 e. The van der Waals surface area contributed by atoms with Gasteiger partial charge in [0.15, 0.2) is 0 Å². The molecule has 3 rings (SSSR count). The number of ether oxygens (including phenoxy) is 1. The molecule has 128 valence electrons. The number of hydrogen-bond acceptors (Lipinski definition) is 5. The number of carbonyl (C=O) groups is 1. The summed E-state index contributed by atoms with van der Waals surface area (Å²) in [5.74, 6) is 0. The fourth-order valence-corrected chi connectivity index (χ4v) is 4.72. The Kier molecular flexibility index (Phi) is 4.77. The summed E-state index contributed by atoms with van der Waals surface area (Å²) < 4.78 is 32.5. The van der Waals surface area contributed by atoms with Crippen molar-refractivity contribution in [3.8, 4) is 0 Å². The maximum atomic E-state index is 12.4. The predicted octanol–water partition coefficient (Wildman–Crippen LogP) is 3.06. The minimum Gasteiger partial charge on any atom is -0.448 e. The van der Waals surface area contributed by atoms with E-state index in [-0.39, 0.29) is 6.09 Å². The summed E-state index contributed by atoms with van der Waals surface area (Å²) in [6, 6.07) is 10.5. The molecule has 0 unspecified atom stereocenters. The number of nitrogens with zero attached hydrogens (tertiary/aromatic N) is 1. The zero-order chi connectivity index (χ0) is 17.2. The Morgan fingerprint density at radius 2 is 1.96 bits per heavy atom. The molecule has 2 heterocycles. The van der Waals surface area contributed by atoms with Crippen molar-refractivity contribution in [2.24, 2.45) is 0 Å². The molecule has 1 saturated heterocycles. The summed E-state index contributed by atoms with van der Waals surface area (Å²) >= 11 is 1.28. The molecule has 0 bridgehead atoms. The van der Waals surface area contributed by atoms with Crippen LogP contribution in [-0.4, -0.2) is 32.6 Å². The van der Waals surface area contributed by atoms with Gasteiger partial charge in [-0.3, -0.25) is 4.72 Å². The Bertz CT molecular complexity index is 828. The Balaban J connectivity index is 1.68. The maximum absolute atomic E-state index is 12.4. The van der Waals surface area contributed by atoms with Gasteiger partial charge >= 0.3 is 6.09 Å². The molecule has 2 aromatic rings. The number of amides is 1. The van der Waals surface area contributed by atoms with E-state index in [1.807, 2.05) is 13.0 Å². The lowest BCUT2D eigenvalue weighted by Gasteiger charge is -2.13. The first-order valence-electron chi connectivity index (χ1n) is 7.60. The third kappa shape index (κ3) is 3.70. The lowest BCUT2D eigenvalue weighted by molar-refractivity contribution is 0.157. The van der Waals surface area contributed by atoms with Crippen molar-refractivity contribution in [3.05, 3.63) is 46.8 Å². The first-order valence-corrected chi connectivity index (χ1v) is 9.90. The number of rotatable bonds is 6. The number of carbonyl (C=O) groups excluding carboxylic acids is 1. The average Bonchev–Trinajstić information content (AvgIpc) is 3.19. The van der Waals surface area contributed by atoms with Crippen LogP contribution in [0.1, 0.15) is 17.4 Å². The van der Waals surface area contributed by atoms with Crippen LogP contribution in [0.4, 0.5) is 10.5 Å². The highest BCUT2D eigenvalue weighted by molar-refractivity contribution is 7.94. The van der Waals surface area contributed by atoms with Gasteiger partial charge in [0.1, 0.15) is 10.8 Å². The van der Waals surface area contributed by atoms with Crippen molar-refractivity contribution in [2.75, 3.05) is 17.9 Å². The first kappa shape index (κ1) is 16.8. The van der Waals surface area contributed by atoms with Crippen LogP contribution >= 0.6 is 11.3 Å². The standard InChI is InChI=1S/C16H18N2O4S2/c1-2-14-7-8-15(23-14)24(20,21)17-13-5-3-12(4-6-13)11-18-9-10-22-16(18)19/h3-8,17H,2,9-11H2,1H3. The second-order valence-corrected chi connectivity index (χ2v) is 8.49. The summed E-state index contributed by atoms with van der Waals surface area (Å²) in [6.07, 6.45) is 0.498. The highest BCUT2D eigenvalue weighted by atomic mass is 32.2. The molecular weight excluding hydrogens is 348 g/mol. The second kappa shape index (κ2) is 6.82. The van der Waals surface area contributed by atoms with Gasteiger partial charge < -0.3 is 9.64 Å². The summed E-state index contributed by atoms with van der Waals surface area (Å²) in [7, 11) is -3.56. The van der Waals surface area contributed by atoms with Gasteiger partial charge in [-0.25, -0.2) is 13.2 Å². The third-order valence-electron chi connectivity index (χ3n) is 3.67. The number of nitrogens with one attached hydrogen (secondary N) is 1. The fraction of sp³-hybridized carbons (Fsp3) is 0.312. The van der Waals surface area contributed by atoms with Crippen LogP contribution in [0.25, 0.3) is 0 Å². The summed E-state index contributed by atoms with van der Waals surface area (Å²) in [4.78, 5) is 14.1. The van der Waals surface area contributed by atoms with E-state index in [0.29, 0.717) is 29.6 Å². The molecule has 24 heavy (non-hydrogen) atoms. The van der Waals surface area contributed by atoms with Crippen molar-refractivity contribution in [3.63, 3.8) is 0 Å². The van der Waals surface area contributed by atoms with Gasteiger partial charge in [0.2, 0.25) is 0 Å². The molecule has 1 aliphatic heterocycles. The average molecular weight is 366 g/mol. The molecule has 1 aromatic heterocycles. The highest BCUT2D eigenvalue weighted by Crippen LogP contribution is 2.24. The van der Waals surface area contributed by atoms with Gasteiger partial charge in [-0.1, -0.05) is 19.1 Å². The fourth-order valence-electron chi connectivity index (χ4n) is 2.37. The van der Waals surface area contributed by atoms with E-state index in [9.17, 15) is 13.2 Å². The molecule has 0 aliphatic carbocycles. The minimum absolute atomic E-state index is 0.309. The van der Waals surface area contributed by atoms with E-state index in [0.717, 1.165) is 16.9 Å². The van der Waals surface area contributed by atoms with Crippen molar-refractivity contribution < 1.29 is 17.9 Å². The van der Waals surface area contributed by atoms with E-state index in [1.165, 1.54) is 11.3 Å². The van der Waals surface area contributed by atoms with Crippen LogP contribution < -0.4 is 4.72 Å². The van der Waals surface area contributed by atoms with Crippen LogP contribution in [0.3, 0.4) is 0 Å². The van der Waals surface area contributed by atoms with E-state index in [1.54, 1.807) is 35.2 Å². The number of cyclic esters (lactones) is 1. The van der Waals surface area contributed by atoms with Crippen LogP contribution in [-0.2, 0) is 27.7 Å². The SMILES string of the molecule is CCc1ccc(S(=O)(=O)Nc2ccc(CN3CCOC3=O)cc2)s1. The highest BCUT2D eigenvalue weighted by Gasteiger charge is 2.22. The molecule has 0 saturated carbocycles. The van der Waals surface area contributed by atoms with Gasteiger partial charge in [0.25, 0.3) is 10.0 Å². The van der Waals surface area contributed by atoms with Crippen molar-refractivity contribution in [1.29, 1.82) is 0 Å². The topological polar surface area (TPSA) is 75.7 Å². The van der Waals surface area contributed by atoms with Crippen molar-refractivity contribution in [2.45, 2.75) is 24.1 Å². The zero-order valence-corrected chi connectivity index (χ0v) is 14.8. The number of hydrogen-bond donors (Lipinski definition) is 1. The molecule has 0 atom stereocenters. The smallest absolute Gasteiger partial charge is 0.410 e. The van der Waals surface area contributed by atoms with Gasteiger partial charge in [-0.15, -0.1) is 11.3 Å². The summed E-state index contributed by atoms with van der Waals surface area (Å²) in [5, 5.41) is 0. The van der Waals surface area contributed by atoms with Crippen LogP contribution in [0.15, 0.2) is 40.6 Å². The van der Waals surface area contributed by atoms with Gasteiger partial charge in [-0.2, -0.15) is 0 Å². The van der Waals surface area contributed by atoms with E-state index in [4.69, 9.17) is 4.74 Å². The summed E-state index contributed by atoms with van der Waals surface area (Å²) in [6.45, 7) is 3.43. The Labute approximate surface area is 145 Å². The number of benzene rings is 1. The molecule has 1 aromatic carbocycles. The third-order valence-corrected chi connectivity index (χ3v) is 6.78. The Hall–Kier alpha value is -2.06. The second-order valence-electron chi connectivity index (χ2n) is 5.41. The van der Waals surface area contributed by atoms with Crippen molar-refractivity contribution in [1.82, 2.24) is 4.90 Å². The monoisotopic (exact) mass is 366 g/mol. The molecule has 1 aliphatic rings. The lowest BCUT2D eigenvalue weighted by Crippen LogP contribution is -2.23. The van der Waals surface area contributed by atoms with Crippen LogP contribution in [0.2, 0.25) is 0 Å². The molecule has 1 amide bonds. The molecule has 1 fully saturated rings. The Morgan fingerprint density at radius 3 is 2.54 bits per heavy atom. The number of aryl methyl sites for hydroxylation is 1. The molecule has 8 heteroatoms. The maximum Gasteiger partial charge on any atom is 0.410 e. The van der Waals surface area contributed by atoms with Crippen LogP contribution in [0.5, 0.6) is 0 Å². The quantitative estimate of drug-likeness (QED) is 0.852. The number of sulfonamides is 1.